The van der Waals surface area contributed by atoms with Crippen LogP contribution in [0.4, 0.5) is 0 Å². The smallest absolute Gasteiger partial charge is 0.0478 e. The summed E-state index contributed by atoms with van der Waals surface area (Å²) in [6.45, 7) is 5.12. The summed E-state index contributed by atoms with van der Waals surface area (Å²) in [5, 5.41) is 3.52. The van der Waals surface area contributed by atoms with Gasteiger partial charge in [-0.15, -0.1) is 0 Å². The highest BCUT2D eigenvalue weighted by atomic mass is 16.5. The van der Waals surface area contributed by atoms with Crippen molar-refractivity contribution in [2.75, 3.05) is 19.8 Å². The quantitative estimate of drug-likeness (QED) is 0.591. The molecule has 2 heteroatoms. The van der Waals surface area contributed by atoms with Crippen LogP contribution >= 0.6 is 0 Å². The Kier molecular flexibility index (Phi) is 5.37. The van der Waals surface area contributed by atoms with Crippen LogP contribution in [0.15, 0.2) is 0 Å². The van der Waals surface area contributed by atoms with E-state index in [1.165, 1.54) is 19.3 Å². The van der Waals surface area contributed by atoms with Crippen LogP contribution in [-0.4, -0.2) is 25.8 Å². The first-order valence-electron chi connectivity index (χ1n) is 5.24. The molecule has 1 aliphatic rings. The van der Waals surface area contributed by atoms with E-state index in [1.807, 2.05) is 0 Å². The normalized spacial score (nSPS) is 17.8. The van der Waals surface area contributed by atoms with Gasteiger partial charge in [0.25, 0.3) is 0 Å². The van der Waals surface area contributed by atoms with Gasteiger partial charge in [-0.1, -0.05) is 13.3 Å². The van der Waals surface area contributed by atoms with Crippen molar-refractivity contribution >= 4 is 0 Å². The lowest BCUT2D eigenvalue weighted by Crippen LogP contribution is -2.35. The minimum Gasteiger partial charge on any atom is -0.381 e. The van der Waals surface area contributed by atoms with E-state index in [0.29, 0.717) is 0 Å². The lowest BCUT2D eigenvalue weighted by Gasteiger charge is -2.26. The molecule has 0 spiro atoms. The van der Waals surface area contributed by atoms with Gasteiger partial charge in [-0.05, 0) is 32.2 Å². The molecule has 1 fully saturated rings. The van der Waals surface area contributed by atoms with Crippen LogP contribution in [0.5, 0.6) is 0 Å². The highest BCUT2D eigenvalue weighted by Crippen LogP contribution is 2.17. The SMILES string of the molecule is CCCOCCCNC1CCC1. The fourth-order valence-corrected chi connectivity index (χ4v) is 1.34. The Labute approximate surface area is 75.7 Å². The van der Waals surface area contributed by atoms with Gasteiger partial charge in [-0.2, -0.15) is 0 Å². The molecule has 0 aromatic rings. The average Bonchev–Trinajstić information content (AvgIpc) is 2.00. The molecule has 1 saturated carbocycles. The molecule has 0 aromatic heterocycles. The van der Waals surface area contributed by atoms with Crippen molar-refractivity contribution in [3.8, 4) is 0 Å². The largest absolute Gasteiger partial charge is 0.381 e. The van der Waals surface area contributed by atoms with E-state index in [0.717, 1.165) is 38.6 Å². The number of hydrogen-bond acceptors (Lipinski definition) is 2. The zero-order valence-corrected chi connectivity index (χ0v) is 8.14. The fourth-order valence-electron chi connectivity index (χ4n) is 1.34. The van der Waals surface area contributed by atoms with Crippen molar-refractivity contribution < 1.29 is 4.74 Å². The Hall–Kier alpha value is -0.0800. The van der Waals surface area contributed by atoms with Gasteiger partial charge in [-0.3, -0.25) is 0 Å². The third-order valence-corrected chi connectivity index (χ3v) is 2.35. The van der Waals surface area contributed by atoms with Crippen LogP contribution in [0, 0.1) is 0 Å². The van der Waals surface area contributed by atoms with E-state index in [4.69, 9.17) is 4.74 Å². The monoisotopic (exact) mass is 171 g/mol. The van der Waals surface area contributed by atoms with Crippen molar-refractivity contribution in [3.63, 3.8) is 0 Å². The van der Waals surface area contributed by atoms with Crippen LogP contribution in [0.1, 0.15) is 39.0 Å². The predicted octanol–water partition coefficient (Wildman–Crippen LogP) is 1.95. The second kappa shape index (κ2) is 6.44. The van der Waals surface area contributed by atoms with Gasteiger partial charge in [0.15, 0.2) is 0 Å². The van der Waals surface area contributed by atoms with E-state index in [9.17, 15) is 0 Å². The summed E-state index contributed by atoms with van der Waals surface area (Å²) < 4.78 is 5.38. The van der Waals surface area contributed by atoms with E-state index >= 15 is 0 Å². The maximum atomic E-state index is 5.38. The molecule has 0 bridgehead atoms. The Morgan fingerprint density at radius 2 is 2.17 bits per heavy atom. The predicted molar refractivity (Wildman–Crippen MR) is 51.4 cm³/mol. The zero-order chi connectivity index (χ0) is 8.65. The first-order chi connectivity index (χ1) is 5.93. The summed E-state index contributed by atoms with van der Waals surface area (Å²) in [6.07, 6.45) is 6.49. The van der Waals surface area contributed by atoms with Crippen molar-refractivity contribution in [3.05, 3.63) is 0 Å². The fraction of sp³-hybridized carbons (Fsp3) is 1.00. The first-order valence-corrected chi connectivity index (χ1v) is 5.24. The topological polar surface area (TPSA) is 21.3 Å². The molecule has 1 N–H and O–H groups in total. The maximum absolute atomic E-state index is 5.38. The Morgan fingerprint density at radius 1 is 1.33 bits per heavy atom. The molecule has 1 aliphatic carbocycles. The van der Waals surface area contributed by atoms with Gasteiger partial charge >= 0.3 is 0 Å². The van der Waals surface area contributed by atoms with Crippen LogP contribution < -0.4 is 5.32 Å². The summed E-state index contributed by atoms with van der Waals surface area (Å²) >= 11 is 0. The molecule has 0 amide bonds. The Bertz CT molecular complexity index is 102. The van der Waals surface area contributed by atoms with Gasteiger partial charge in [0.1, 0.15) is 0 Å². The number of hydrogen-bond donors (Lipinski definition) is 1. The molecule has 0 aromatic carbocycles. The molecule has 2 nitrogen and oxygen atoms in total. The van der Waals surface area contributed by atoms with Crippen LogP contribution in [-0.2, 0) is 4.74 Å². The standard InChI is InChI=1S/C10H21NO/c1-2-8-12-9-4-7-11-10-5-3-6-10/h10-11H,2-9H2,1H3. The highest BCUT2D eigenvalue weighted by molar-refractivity contribution is 4.75. The second-order valence-electron chi connectivity index (χ2n) is 3.55. The Morgan fingerprint density at radius 3 is 2.75 bits per heavy atom. The number of nitrogens with one attached hydrogen (secondary N) is 1. The van der Waals surface area contributed by atoms with Gasteiger partial charge in [0.05, 0.1) is 0 Å². The molecule has 0 atom stereocenters. The minimum absolute atomic E-state index is 0.830. The Balaban J connectivity index is 1.70. The molecule has 12 heavy (non-hydrogen) atoms. The molecular weight excluding hydrogens is 150 g/mol. The van der Waals surface area contributed by atoms with Crippen LogP contribution in [0.3, 0.4) is 0 Å². The van der Waals surface area contributed by atoms with Gasteiger partial charge in [0, 0.05) is 19.3 Å². The van der Waals surface area contributed by atoms with Gasteiger partial charge in [-0.25, -0.2) is 0 Å². The zero-order valence-electron chi connectivity index (χ0n) is 8.14. The van der Waals surface area contributed by atoms with Crippen molar-refractivity contribution in [1.29, 1.82) is 0 Å². The molecule has 0 unspecified atom stereocenters. The third-order valence-electron chi connectivity index (χ3n) is 2.35. The molecule has 0 saturated heterocycles. The lowest BCUT2D eigenvalue weighted by atomic mass is 9.93. The van der Waals surface area contributed by atoms with Crippen molar-refractivity contribution in [2.24, 2.45) is 0 Å². The summed E-state index contributed by atoms with van der Waals surface area (Å²) in [5.41, 5.74) is 0. The molecule has 0 heterocycles. The molecular formula is C10H21NO. The maximum Gasteiger partial charge on any atom is 0.0478 e. The minimum atomic E-state index is 0.830. The van der Waals surface area contributed by atoms with Gasteiger partial charge in [0.2, 0.25) is 0 Å². The molecule has 0 radical (unpaired) electrons. The van der Waals surface area contributed by atoms with E-state index in [1.54, 1.807) is 0 Å². The van der Waals surface area contributed by atoms with Crippen molar-refractivity contribution in [2.45, 2.75) is 45.1 Å². The van der Waals surface area contributed by atoms with Crippen molar-refractivity contribution in [1.82, 2.24) is 5.32 Å². The summed E-state index contributed by atoms with van der Waals surface area (Å²) in [6, 6.07) is 0.830. The van der Waals surface area contributed by atoms with Crippen LogP contribution in [0.2, 0.25) is 0 Å². The van der Waals surface area contributed by atoms with E-state index in [2.05, 4.69) is 12.2 Å². The molecule has 1 rings (SSSR count). The number of rotatable bonds is 7. The molecule has 0 aliphatic heterocycles. The van der Waals surface area contributed by atoms with Crippen LogP contribution in [0.25, 0.3) is 0 Å². The third kappa shape index (κ3) is 4.07. The highest BCUT2D eigenvalue weighted by Gasteiger charge is 2.15. The summed E-state index contributed by atoms with van der Waals surface area (Å²) in [4.78, 5) is 0. The number of ether oxygens (including phenoxy) is 1. The summed E-state index contributed by atoms with van der Waals surface area (Å²) in [5.74, 6) is 0. The first kappa shape index (κ1) is 10.0. The second-order valence-corrected chi connectivity index (χ2v) is 3.55. The van der Waals surface area contributed by atoms with E-state index in [-0.39, 0.29) is 0 Å². The summed E-state index contributed by atoms with van der Waals surface area (Å²) in [7, 11) is 0. The van der Waals surface area contributed by atoms with E-state index < -0.39 is 0 Å². The lowest BCUT2D eigenvalue weighted by molar-refractivity contribution is 0.130. The van der Waals surface area contributed by atoms with Gasteiger partial charge < -0.3 is 10.1 Å². The average molecular weight is 171 g/mol. The molecule has 72 valence electrons.